The lowest BCUT2D eigenvalue weighted by molar-refractivity contribution is -0.135. The van der Waals surface area contributed by atoms with Crippen LogP contribution in [0, 0.1) is 0 Å². The topological polar surface area (TPSA) is 20.3 Å². The molecule has 17 heavy (non-hydrogen) atoms. The van der Waals surface area contributed by atoms with Crippen molar-refractivity contribution < 1.29 is 4.79 Å². The van der Waals surface area contributed by atoms with Crippen LogP contribution in [0.2, 0.25) is 0 Å². The Labute approximate surface area is 109 Å². The summed E-state index contributed by atoms with van der Waals surface area (Å²) >= 11 is 2.23. The maximum Gasteiger partial charge on any atom is 0.220 e. The Balaban J connectivity index is 1.85. The zero-order chi connectivity index (χ0) is 11.8. The molecule has 0 aromatic heterocycles. The SMILES string of the molecule is CC(=O)N1C2CCCCC2SC2CCCCC21. The van der Waals surface area contributed by atoms with Crippen molar-refractivity contribution in [2.45, 2.75) is 80.9 Å². The molecule has 3 rings (SSSR count). The van der Waals surface area contributed by atoms with Crippen molar-refractivity contribution in [1.29, 1.82) is 0 Å². The van der Waals surface area contributed by atoms with Crippen LogP contribution in [0.5, 0.6) is 0 Å². The highest BCUT2D eigenvalue weighted by molar-refractivity contribution is 8.00. The van der Waals surface area contributed by atoms with Crippen molar-refractivity contribution in [2.75, 3.05) is 0 Å². The van der Waals surface area contributed by atoms with Gasteiger partial charge < -0.3 is 4.90 Å². The van der Waals surface area contributed by atoms with Crippen molar-refractivity contribution in [1.82, 2.24) is 4.90 Å². The van der Waals surface area contributed by atoms with Gasteiger partial charge in [-0.05, 0) is 25.7 Å². The number of carbonyl (C=O) groups is 1. The predicted molar refractivity (Wildman–Crippen MR) is 72.2 cm³/mol. The first-order chi connectivity index (χ1) is 8.27. The zero-order valence-corrected chi connectivity index (χ0v) is 11.5. The maximum absolute atomic E-state index is 12.0. The van der Waals surface area contributed by atoms with Crippen molar-refractivity contribution in [3.8, 4) is 0 Å². The Kier molecular flexibility index (Phi) is 3.38. The van der Waals surface area contributed by atoms with Gasteiger partial charge in [0.05, 0.1) is 0 Å². The molecule has 1 saturated heterocycles. The summed E-state index contributed by atoms with van der Waals surface area (Å²) in [6.07, 6.45) is 10.6. The van der Waals surface area contributed by atoms with Crippen molar-refractivity contribution in [2.24, 2.45) is 0 Å². The van der Waals surface area contributed by atoms with E-state index in [1.54, 1.807) is 6.92 Å². The fourth-order valence-corrected chi connectivity index (χ4v) is 6.00. The van der Waals surface area contributed by atoms with E-state index in [0.29, 0.717) is 18.0 Å². The third-order valence-corrected chi connectivity index (χ3v) is 6.56. The summed E-state index contributed by atoms with van der Waals surface area (Å²) in [5.41, 5.74) is 0. The van der Waals surface area contributed by atoms with Crippen LogP contribution in [0.3, 0.4) is 0 Å². The molecule has 3 fully saturated rings. The van der Waals surface area contributed by atoms with E-state index in [0.717, 1.165) is 10.5 Å². The Morgan fingerprint density at radius 1 is 0.941 bits per heavy atom. The second-order valence-electron chi connectivity index (χ2n) is 5.84. The standard InChI is InChI=1S/C14H23NOS/c1-10(16)15-11-6-2-4-8-13(11)17-14-9-5-3-7-12(14)15/h11-14H,2-9H2,1H3. The first-order valence-electron chi connectivity index (χ1n) is 7.22. The van der Waals surface area contributed by atoms with Gasteiger partial charge in [-0.2, -0.15) is 11.8 Å². The van der Waals surface area contributed by atoms with Crippen LogP contribution in [-0.2, 0) is 4.79 Å². The number of carbonyl (C=O) groups excluding carboxylic acids is 1. The monoisotopic (exact) mass is 253 g/mol. The molecule has 0 aromatic carbocycles. The van der Waals surface area contributed by atoms with Crippen LogP contribution < -0.4 is 0 Å². The molecule has 1 aliphatic heterocycles. The quantitative estimate of drug-likeness (QED) is 0.661. The number of nitrogens with zero attached hydrogens (tertiary/aromatic N) is 1. The molecule has 96 valence electrons. The molecule has 0 bridgehead atoms. The molecular formula is C14H23NOS. The maximum atomic E-state index is 12.0. The van der Waals surface area contributed by atoms with Crippen LogP contribution in [0.4, 0.5) is 0 Å². The molecule has 0 aromatic rings. The Morgan fingerprint density at radius 3 is 1.88 bits per heavy atom. The van der Waals surface area contributed by atoms with Gasteiger partial charge in [0.2, 0.25) is 5.91 Å². The molecular weight excluding hydrogens is 230 g/mol. The molecule has 0 N–H and O–H groups in total. The van der Waals surface area contributed by atoms with Crippen molar-refractivity contribution in [3.05, 3.63) is 0 Å². The van der Waals surface area contributed by atoms with E-state index in [2.05, 4.69) is 16.7 Å². The van der Waals surface area contributed by atoms with Crippen molar-refractivity contribution >= 4 is 17.7 Å². The molecule has 3 aliphatic rings. The molecule has 3 heteroatoms. The van der Waals surface area contributed by atoms with E-state index < -0.39 is 0 Å². The largest absolute Gasteiger partial charge is 0.335 e. The van der Waals surface area contributed by atoms with Gasteiger partial charge in [-0.25, -0.2) is 0 Å². The minimum Gasteiger partial charge on any atom is -0.335 e. The highest BCUT2D eigenvalue weighted by Gasteiger charge is 2.45. The smallest absolute Gasteiger partial charge is 0.220 e. The fourth-order valence-electron chi connectivity index (χ4n) is 4.05. The van der Waals surface area contributed by atoms with Gasteiger partial charge >= 0.3 is 0 Å². The normalized spacial score (nSPS) is 41.6. The Morgan fingerprint density at radius 2 is 1.41 bits per heavy atom. The third-order valence-electron chi connectivity index (χ3n) is 4.76. The molecule has 2 saturated carbocycles. The summed E-state index contributed by atoms with van der Waals surface area (Å²) in [6.45, 7) is 1.79. The average molecular weight is 253 g/mol. The van der Waals surface area contributed by atoms with Crippen LogP contribution >= 0.6 is 11.8 Å². The van der Waals surface area contributed by atoms with Gasteiger partial charge in [-0.1, -0.05) is 25.7 Å². The Hall–Kier alpha value is -0.180. The van der Waals surface area contributed by atoms with Gasteiger partial charge in [0, 0.05) is 29.5 Å². The number of thioether (sulfide) groups is 1. The van der Waals surface area contributed by atoms with E-state index in [9.17, 15) is 4.79 Å². The third kappa shape index (κ3) is 2.11. The van der Waals surface area contributed by atoms with E-state index in [-0.39, 0.29) is 0 Å². The molecule has 2 nitrogen and oxygen atoms in total. The van der Waals surface area contributed by atoms with E-state index >= 15 is 0 Å². The van der Waals surface area contributed by atoms with Gasteiger partial charge in [0.15, 0.2) is 0 Å². The second kappa shape index (κ2) is 4.83. The fraction of sp³-hybridized carbons (Fsp3) is 0.929. The van der Waals surface area contributed by atoms with E-state index in [1.165, 1.54) is 51.4 Å². The summed E-state index contributed by atoms with van der Waals surface area (Å²) in [4.78, 5) is 14.3. The number of hydrogen-bond acceptors (Lipinski definition) is 2. The number of fused-ring (bicyclic) bond motifs is 2. The average Bonchev–Trinajstić information content (AvgIpc) is 2.35. The summed E-state index contributed by atoms with van der Waals surface area (Å²) in [7, 11) is 0. The zero-order valence-electron chi connectivity index (χ0n) is 10.7. The molecule has 2 aliphatic carbocycles. The lowest BCUT2D eigenvalue weighted by Crippen LogP contribution is -2.60. The minimum absolute atomic E-state index is 0.332. The minimum atomic E-state index is 0.332. The molecule has 1 heterocycles. The van der Waals surface area contributed by atoms with Gasteiger partial charge in [0.1, 0.15) is 0 Å². The highest BCUT2D eigenvalue weighted by atomic mass is 32.2. The lowest BCUT2D eigenvalue weighted by atomic mass is 9.87. The lowest BCUT2D eigenvalue weighted by Gasteiger charge is -2.53. The second-order valence-corrected chi connectivity index (χ2v) is 7.33. The summed E-state index contributed by atoms with van der Waals surface area (Å²) in [5.74, 6) is 0.332. The first kappa shape index (κ1) is 11.9. The molecule has 0 radical (unpaired) electrons. The number of amides is 1. The highest BCUT2D eigenvalue weighted by Crippen LogP contribution is 2.46. The van der Waals surface area contributed by atoms with Crippen LogP contribution in [0.15, 0.2) is 0 Å². The predicted octanol–water partition coefficient (Wildman–Crippen LogP) is 3.20. The van der Waals surface area contributed by atoms with Gasteiger partial charge in [-0.3, -0.25) is 4.79 Å². The van der Waals surface area contributed by atoms with Gasteiger partial charge in [-0.15, -0.1) is 0 Å². The summed E-state index contributed by atoms with van der Waals surface area (Å²) in [5, 5.41) is 1.49. The van der Waals surface area contributed by atoms with Crippen LogP contribution in [-0.4, -0.2) is 33.4 Å². The molecule has 0 spiro atoms. The van der Waals surface area contributed by atoms with Crippen LogP contribution in [0.25, 0.3) is 0 Å². The van der Waals surface area contributed by atoms with E-state index in [1.807, 2.05) is 0 Å². The van der Waals surface area contributed by atoms with Crippen LogP contribution in [0.1, 0.15) is 58.3 Å². The van der Waals surface area contributed by atoms with Gasteiger partial charge in [0.25, 0.3) is 0 Å². The molecule has 4 atom stereocenters. The summed E-state index contributed by atoms with van der Waals surface area (Å²) in [6, 6.07) is 1.12. The molecule has 1 amide bonds. The Bertz CT molecular complexity index is 285. The van der Waals surface area contributed by atoms with E-state index in [4.69, 9.17) is 0 Å². The molecule has 4 unspecified atom stereocenters. The number of rotatable bonds is 0. The first-order valence-corrected chi connectivity index (χ1v) is 8.16. The summed E-state index contributed by atoms with van der Waals surface area (Å²) < 4.78 is 0. The number of hydrogen-bond donors (Lipinski definition) is 0. The van der Waals surface area contributed by atoms with Crippen molar-refractivity contribution in [3.63, 3.8) is 0 Å².